The molecular formula is C13H19NO2. The van der Waals surface area contributed by atoms with Crippen LogP contribution in [0.4, 0.5) is 0 Å². The fourth-order valence-corrected chi connectivity index (χ4v) is 2.14. The number of fused-ring (bicyclic) bond motifs is 1. The van der Waals surface area contributed by atoms with E-state index in [1.54, 1.807) is 0 Å². The maximum atomic E-state index is 9.75. The van der Waals surface area contributed by atoms with E-state index in [-0.39, 0.29) is 6.10 Å². The molecule has 16 heavy (non-hydrogen) atoms. The van der Waals surface area contributed by atoms with Crippen molar-refractivity contribution in [3.8, 4) is 0 Å². The maximum absolute atomic E-state index is 9.75. The quantitative estimate of drug-likeness (QED) is 0.815. The van der Waals surface area contributed by atoms with Gasteiger partial charge in [-0.2, -0.15) is 0 Å². The van der Waals surface area contributed by atoms with Gasteiger partial charge in [-0.1, -0.05) is 24.3 Å². The molecule has 0 aromatic heterocycles. The fraction of sp³-hybridized carbons (Fsp3) is 0.538. The zero-order valence-electron chi connectivity index (χ0n) is 9.72. The highest BCUT2D eigenvalue weighted by Gasteiger charge is 2.20. The van der Waals surface area contributed by atoms with E-state index in [0.717, 1.165) is 13.1 Å². The third kappa shape index (κ3) is 2.82. The Morgan fingerprint density at radius 2 is 1.94 bits per heavy atom. The number of aliphatic hydroxyl groups excluding tert-OH is 1. The molecule has 0 fully saturated rings. The molecule has 1 aromatic carbocycles. The Labute approximate surface area is 96.6 Å². The van der Waals surface area contributed by atoms with E-state index in [1.165, 1.54) is 11.1 Å². The monoisotopic (exact) mass is 221 g/mol. The minimum Gasteiger partial charge on any atom is -0.389 e. The Kier molecular flexibility index (Phi) is 3.93. The van der Waals surface area contributed by atoms with Gasteiger partial charge in [0.25, 0.3) is 0 Å². The number of rotatable bonds is 5. The van der Waals surface area contributed by atoms with Crippen molar-refractivity contribution in [2.24, 2.45) is 0 Å². The van der Waals surface area contributed by atoms with Gasteiger partial charge in [-0.15, -0.1) is 0 Å². The van der Waals surface area contributed by atoms with Crippen LogP contribution >= 0.6 is 0 Å². The third-order valence-electron chi connectivity index (χ3n) is 2.89. The number of benzene rings is 1. The van der Waals surface area contributed by atoms with Crippen LogP contribution in [0.25, 0.3) is 0 Å². The van der Waals surface area contributed by atoms with Crippen molar-refractivity contribution in [3.05, 3.63) is 35.4 Å². The van der Waals surface area contributed by atoms with E-state index >= 15 is 0 Å². The minimum atomic E-state index is -0.380. The first-order chi connectivity index (χ1) is 7.79. The van der Waals surface area contributed by atoms with E-state index in [0.29, 0.717) is 19.8 Å². The van der Waals surface area contributed by atoms with Gasteiger partial charge < -0.3 is 9.84 Å². The number of ether oxygens (including phenoxy) is 1. The van der Waals surface area contributed by atoms with Crippen molar-refractivity contribution in [1.29, 1.82) is 0 Å². The zero-order chi connectivity index (χ0) is 11.4. The molecule has 1 aliphatic rings. The van der Waals surface area contributed by atoms with Crippen LogP contribution in [-0.4, -0.2) is 35.9 Å². The lowest BCUT2D eigenvalue weighted by Gasteiger charge is -2.19. The van der Waals surface area contributed by atoms with Crippen molar-refractivity contribution in [1.82, 2.24) is 4.90 Å². The lowest BCUT2D eigenvalue weighted by atomic mass is 10.1. The maximum Gasteiger partial charge on any atom is 0.0900 e. The SMILES string of the molecule is CCOCC(O)CN1Cc2ccccc2C1. The summed E-state index contributed by atoms with van der Waals surface area (Å²) in [5, 5.41) is 9.75. The van der Waals surface area contributed by atoms with E-state index < -0.39 is 0 Å². The fourth-order valence-electron chi connectivity index (χ4n) is 2.14. The van der Waals surface area contributed by atoms with Crippen LogP contribution in [-0.2, 0) is 17.8 Å². The minimum absolute atomic E-state index is 0.380. The lowest BCUT2D eigenvalue weighted by molar-refractivity contribution is 0.0204. The van der Waals surface area contributed by atoms with Crippen LogP contribution in [0.2, 0.25) is 0 Å². The molecule has 0 radical (unpaired) electrons. The molecule has 1 N–H and O–H groups in total. The summed E-state index contributed by atoms with van der Waals surface area (Å²) in [6, 6.07) is 8.45. The first-order valence-electron chi connectivity index (χ1n) is 5.84. The Bertz CT molecular complexity index is 315. The molecule has 1 unspecified atom stereocenters. The topological polar surface area (TPSA) is 32.7 Å². The number of aliphatic hydroxyl groups is 1. The second-order valence-corrected chi connectivity index (χ2v) is 4.25. The molecule has 0 amide bonds. The molecule has 1 aliphatic heterocycles. The Hall–Kier alpha value is -0.900. The Balaban J connectivity index is 1.82. The van der Waals surface area contributed by atoms with Crippen LogP contribution in [0.15, 0.2) is 24.3 Å². The van der Waals surface area contributed by atoms with Crippen LogP contribution < -0.4 is 0 Å². The van der Waals surface area contributed by atoms with Crippen molar-refractivity contribution >= 4 is 0 Å². The summed E-state index contributed by atoms with van der Waals surface area (Å²) in [4.78, 5) is 2.26. The number of nitrogens with zero attached hydrogens (tertiary/aromatic N) is 1. The summed E-state index contributed by atoms with van der Waals surface area (Å²) < 4.78 is 5.21. The summed E-state index contributed by atoms with van der Waals surface area (Å²) in [5.74, 6) is 0. The Morgan fingerprint density at radius 1 is 1.31 bits per heavy atom. The molecule has 0 saturated heterocycles. The van der Waals surface area contributed by atoms with E-state index in [1.807, 2.05) is 6.92 Å². The third-order valence-corrected chi connectivity index (χ3v) is 2.89. The van der Waals surface area contributed by atoms with Crippen molar-refractivity contribution in [2.75, 3.05) is 19.8 Å². The van der Waals surface area contributed by atoms with Crippen LogP contribution in [0.3, 0.4) is 0 Å². The first kappa shape index (κ1) is 11.6. The highest BCUT2D eigenvalue weighted by Crippen LogP contribution is 2.21. The second kappa shape index (κ2) is 5.43. The molecule has 0 aliphatic carbocycles. The normalized spacial score (nSPS) is 17.4. The van der Waals surface area contributed by atoms with Gasteiger partial charge in [-0.05, 0) is 18.1 Å². The average molecular weight is 221 g/mol. The van der Waals surface area contributed by atoms with E-state index in [2.05, 4.69) is 29.2 Å². The van der Waals surface area contributed by atoms with Gasteiger partial charge in [0.05, 0.1) is 12.7 Å². The smallest absolute Gasteiger partial charge is 0.0900 e. The van der Waals surface area contributed by atoms with Crippen LogP contribution in [0.5, 0.6) is 0 Å². The highest BCUT2D eigenvalue weighted by atomic mass is 16.5. The van der Waals surface area contributed by atoms with Crippen LogP contribution in [0.1, 0.15) is 18.1 Å². The standard InChI is InChI=1S/C13H19NO2/c1-2-16-10-13(15)9-14-7-11-5-3-4-6-12(11)8-14/h3-6,13,15H,2,7-10H2,1H3. The lowest BCUT2D eigenvalue weighted by Crippen LogP contribution is -2.31. The predicted octanol–water partition coefficient (Wildman–Crippen LogP) is 1.40. The van der Waals surface area contributed by atoms with E-state index in [4.69, 9.17) is 4.74 Å². The summed E-state index contributed by atoms with van der Waals surface area (Å²) in [6.45, 7) is 5.62. The van der Waals surface area contributed by atoms with Crippen molar-refractivity contribution < 1.29 is 9.84 Å². The molecule has 2 rings (SSSR count). The zero-order valence-corrected chi connectivity index (χ0v) is 9.72. The van der Waals surface area contributed by atoms with Gasteiger partial charge in [-0.3, -0.25) is 4.90 Å². The molecule has 88 valence electrons. The van der Waals surface area contributed by atoms with E-state index in [9.17, 15) is 5.11 Å². The largest absolute Gasteiger partial charge is 0.389 e. The molecule has 1 atom stereocenters. The summed E-state index contributed by atoms with van der Waals surface area (Å²) in [6.07, 6.45) is -0.380. The van der Waals surface area contributed by atoms with Gasteiger partial charge >= 0.3 is 0 Å². The first-order valence-corrected chi connectivity index (χ1v) is 5.84. The van der Waals surface area contributed by atoms with Gasteiger partial charge in [0, 0.05) is 26.2 Å². The molecule has 3 nitrogen and oxygen atoms in total. The molecule has 0 saturated carbocycles. The van der Waals surface area contributed by atoms with Gasteiger partial charge in [-0.25, -0.2) is 0 Å². The predicted molar refractivity (Wildman–Crippen MR) is 63.1 cm³/mol. The molecule has 0 spiro atoms. The molecule has 0 bridgehead atoms. The summed E-state index contributed by atoms with van der Waals surface area (Å²) >= 11 is 0. The van der Waals surface area contributed by atoms with Gasteiger partial charge in [0.2, 0.25) is 0 Å². The molecule has 1 heterocycles. The highest BCUT2D eigenvalue weighted by molar-refractivity contribution is 5.30. The van der Waals surface area contributed by atoms with Crippen LogP contribution in [0, 0.1) is 0 Å². The second-order valence-electron chi connectivity index (χ2n) is 4.25. The summed E-state index contributed by atoms with van der Waals surface area (Å²) in [7, 11) is 0. The van der Waals surface area contributed by atoms with Gasteiger partial charge in [0.15, 0.2) is 0 Å². The van der Waals surface area contributed by atoms with Crippen molar-refractivity contribution in [3.63, 3.8) is 0 Å². The number of β-amino-alcohol motifs (C(OH)–C–C–N with tert-alkyl or cyclic N) is 1. The molecule has 3 heteroatoms. The average Bonchev–Trinajstić information content (AvgIpc) is 2.68. The summed E-state index contributed by atoms with van der Waals surface area (Å²) in [5.41, 5.74) is 2.76. The number of hydrogen-bond acceptors (Lipinski definition) is 3. The number of hydrogen-bond donors (Lipinski definition) is 1. The van der Waals surface area contributed by atoms with Gasteiger partial charge in [0.1, 0.15) is 0 Å². The molecule has 1 aromatic rings. The van der Waals surface area contributed by atoms with Crippen molar-refractivity contribution in [2.45, 2.75) is 26.1 Å². The molecular weight excluding hydrogens is 202 g/mol. The Morgan fingerprint density at radius 3 is 2.50 bits per heavy atom.